The summed E-state index contributed by atoms with van der Waals surface area (Å²) in [7, 11) is 0. The Morgan fingerprint density at radius 2 is 2.17 bits per heavy atom. The summed E-state index contributed by atoms with van der Waals surface area (Å²) < 4.78 is 38.0. The third-order valence-corrected chi connectivity index (χ3v) is 3.86. The molecule has 0 atom stereocenters. The van der Waals surface area contributed by atoms with Crippen LogP contribution in [0.1, 0.15) is 16.3 Å². The minimum atomic E-state index is -4.46. The Bertz CT molecular complexity index is 743. The van der Waals surface area contributed by atoms with E-state index < -0.39 is 11.7 Å². The fourth-order valence-electron chi connectivity index (χ4n) is 1.54. The van der Waals surface area contributed by atoms with Crippen LogP contribution in [0.3, 0.4) is 0 Å². The SMILES string of the molecule is Cc1nc(/C=N\NC(=S)Nc2cc(C(F)(F)F)ccc2Cl)cs1. The van der Waals surface area contributed by atoms with Crippen molar-refractivity contribution in [3.8, 4) is 0 Å². The van der Waals surface area contributed by atoms with E-state index >= 15 is 0 Å². The molecule has 0 saturated carbocycles. The molecule has 0 bridgehead atoms. The Hall–Kier alpha value is -1.71. The van der Waals surface area contributed by atoms with Gasteiger partial charge in [0.2, 0.25) is 0 Å². The second kappa shape index (κ2) is 7.24. The summed E-state index contributed by atoms with van der Waals surface area (Å²) in [6.07, 6.45) is -3.01. The van der Waals surface area contributed by atoms with Gasteiger partial charge in [-0.25, -0.2) is 4.98 Å². The number of aromatic nitrogens is 1. The van der Waals surface area contributed by atoms with Crippen LogP contribution in [0.15, 0.2) is 28.7 Å². The van der Waals surface area contributed by atoms with Crippen molar-refractivity contribution >= 4 is 52.2 Å². The fourth-order valence-corrected chi connectivity index (χ4v) is 2.43. The van der Waals surface area contributed by atoms with Crippen LogP contribution in [-0.4, -0.2) is 16.3 Å². The van der Waals surface area contributed by atoms with Gasteiger partial charge in [0.1, 0.15) is 0 Å². The molecule has 122 valence electrons. The van der Waals surface area contributed by atoms with Crippen LogP contribution in [0.25, 0.3) is 0 Å². The molecule has 2 rings (SSSR count). The zero-order valence-electron chi connectivity index (χ0n) is 11.6. The molecule has 0 spiro atoms. The molecule has 0 unspecified atom stereocenters. The number of hydrogen-bond donors (Lipinski definition) is 2. The summed E-state index contributed by atoms with van der Waals surface area (Å²) in [5, 5.41) is 9.24. The maximum atomic E-state index is 12.7. The van der Waals surface area contributed by atoms with Gasteiger partial charge in [0.15, 0.2) is 5.11 Å². The van der Waals surface area contributed by atoms with Gasteiger partial charge in [0.25, 0.3) is 0 Å². The minimum absolute atomic E-state index is 0.00873. The van der Waals surface area contributed by atoms with E-state index in [1.165, 1.54) is 17.6 Å². The molecule has 0 aliphatic heterocycles. The Morgan fingerprint density at radius 1 is 1.43 bits per heavy atom. The fraction of sp³-hybridized carbons (Fsp3) is 0.154. The van der Waals surface area contributed by atoms with Gasteiger partial charge in [0.05, 0.1) is 33.2 Å². The average Bonchev–Trinajstić information content (AvgIpc) is 2.85. The number of nitrogens with one attached hydrogen (secondary N) is 2. The highest BCUT2D eigenvalue weighted by Crippen LogP contribution is 2.33. The van der Waals surface area contributed by atoms with Gasteiger partial charge in [-0.1, -0.05) is 11.6 Å². The minimum Gasteiger partial charge on any atom is -0.330 e. The molecule has 23 heavy (non-hydrogen) atoms. The van der Waals surface area contributed by atoms with Crippen LogP contribution in [-0.2, 0) is 6.18 Å². The molecular weight excluding hydrogens is 369 g/mol. The molecule has 1 aromatic carbocycles. The Morgan fingerprint density at radius 3 is 2.78 bits per heavy atom. The number of nitrogens with zero attached hydrogens (tertiary/aromatic N) is 2. The average molecular weight is 379 g/mol. The molecule has 2 N–H and O–H groups in total. The first kappa shape index (κ1) is 17.6. The summed E-state index contributed by atoms with van der Waals surface area (Å²) in [5.41, 5.74) is 2.36. The molecule has 0 saturated heterocycles. The lowest BCUT2D eigenvalue weighted by atomic mass is 10.2. The van der Waals surface area contributed by atoms with E-state index in [2.05, 4.69) is 20.8 Å². The van der Waals surface area contributed by atoms with E-state index in [1.54, 1.807) is 5.38 Å². The third kappa shape index (κ3) is 5.15. The van der Waals surface area contributed by atoms with Crippen LogP contribution >= 0.6 is 35.2 Å². The predicted molar refractivity (Wildman–Crippen MR) is 90.3 cm³/mol. The van der Waals surface area contributed by atoms with E-state index in [0.29, 0.717) is 5.69 Å². The summed E-state index contributed by atoms with van der Waals surface area (Å²) in [6, 6.07) is 2.92. The third-order valence-electron chi connectivity index (χ3n) is 2.54. The lowest BCUT2D eigenvalue weighted by Gasteiger charge is -2.12. The van der Waals surface area contributed by atoms with Gasteiger partial charge in [-0.3, -0.25) is 5.43 Å². The van der Waals surface area contributed by atoms with E-state index in [0.717, 1.165) is 23.2 Å². The maximum absolute atomic E-state index is 12.7. The van der Waals surface area contributed by atoms with Crippen LogP contribution < -0.4 is 10.7 Å². The van der Waals surface area contributed by atoms with Crippen molar-refractivity contribution in [1.82, 2.24) is 10.4 Å². The van der Waals surface area contributed by atoms with E-state index in [1.807, 2.05) is 6.92 Å². The van der Waals surface area contributed by atoms with E-state index in [-0.39, 0.29) is 15.8 Å². The number of aryl methyl sites for hydroxylation is 1. The topological polar surface area (TPSA) is 49.3 Å². The van der Waals surface area contributed by atoms with Crippen LogP contribution in [0.2, 0.25) is 5.02 Å². The normalized spacial score (nSPS) is 11.7. The van der Waals surface area contributed by atoms with Crippen LogP contribution in [0, 0.1) is 6.92 Å². The number of rotatable bonds is 3. The molecule has 1 aromatic heterocycles. The molecule has 0 radical (unpaired) electrons. The summed E-state index contributed by atoms with van der Waals surface area (Å²) in [5.74, 6) is 0. The first-order valence-corrected chi connectivity index (χ1v) is 7.81. The highest BCUT2D eigenvalue weighted by Gasteiger charge is 2.31. The number of thiocarbonyl (C=S) groups is 1. The number of benzene rings is 1. The highest BCUT2D eigenvalue weighted by molar-refractivity contribution is 7.80. The van der Waals surface area contributed by atoms with Crippen molar-refractivity contribution in [2.75, 3.05) is 5.32 Å². The second-order valence-corrected chi connectivity index (χ2v) is 6.19. The van der Waals surface area contributed by atoms with Gasteiger partial charge in [-0.05, 0) is 37.3 Å². The monoisotopic (exact) mass is 378 g/mol. The van der Waals surface area contributed by atoms with Crippen LogP contribution in [0.4, 0.5) is 18.9 Å². The van der Waals surface area contributed by atoms with Crippen molar-refractivity contribution in [2.45, 2.75) is 13.1 Å². The Balaban J connectivity index is 2.01. The van der Waals surface area contributed by atoms with Gasteiger partial charge in [0, 0.05) is 5.38 Å². The summed E-state index contributed by atoms with van der Waals surface area (Å²) >= 11 is 12.3. The lowest BCUT2D eigenvalue weighted by Crippen LogP contribution is -2.24. The van der Waals surface area contributed by atoms with Crippen molar-refractivity contribution in [3.63, 3.8) is 0 Å². The molecule has 0 amide bonds. The van der Waals surface area contributed by atoms with Gasteiger partial charge in [-0.15, -0.1) is 11.3 Å². The predicted octanol–water partition coefficient (Wildman–Crippen LogP) is 4.44. The maximum Gasteiger partial charge on any atom is 0.416 e. The molecule has 0 aliphatic carbocycles. The largest absolute Gasteiger partial charge is 0.416 e. The van der Waals surface area contributed by atoms with E-state index in [9.17, 15) is 13.2 Å². The van der Waals surface area contributed by atoms with Crippen molar-refractivity contribution in [3.05, 3.63) is 44.9 Å². The molecule has 10 heteroatoms. The lowest BCUT2D eigenvalue weighted by molar-refractivity contribution is -0.137. The first-order valence-electron chi connectivity index (χ1n) is 6.14. The van der Waals surface area contributed by atoms with E-state index in [4.69, 9.17) is 23.8 Å². The quantitative estimate of drug-likeness (QED) is 0.471. The smallest absolute Gasteiger partial charge is 0.330 e. The molecule has 0 fully saturated rings. The van der Waals surface area contributed by atoms with Crippen molar-refractivity contribution < 1.29 is 13.2 Å². The molecule has 4 nitrogen and oxygen atoms in total. The van der Waals surface area contributed by atoms with Gasteiger partial charge >= 0.3 is 6.18 Å². The van der Waals surface area contributed by atoms with Crippen LogP contribution in [0.5, 0.6) is 0 Å². The Labute approximate surface area is 144 Å². The number of thiazole rings is 1. The first-order chi connectivity index (χ1) is 10.8. The zero-order chi connectivity index (χ0) is 17.0. The number of alkyl halides is 3. The molecular formula is C13H10ClF3N4S2. The number of hydrogen-bond acceptors (Lipinski definition) is 4. The van der Waals surface area contributed by atoms with Crippen molar-refractivity contribution in [1.29, 1.82) is 0 Å². The zero-order valence-corrected chi connectivity index (χ0v) is 14.0. The summed E-state index contributed by atoms with van der Waals surface area (Å²) in [6.45, 7) is 1.86. The molecule has 2 aromatic rings. The molecule has 0 aliphatic rings. The summed E-state index contributed by atoms with van der Waals surface area (Å²) in [4.78, 5) is 4.16. The number of hydrazone groups is 1. The van der Waals surface area contributed by atoms with Crippen molar-refractivity contribution in [2.24, 2.45) is 5.10 Å². The molecule has 1 heterocycles. The second-order valence-electron chi connectivity index (χ2n) is 4.31. The number of halogens is 4. The van der Waals surface area contributed by atoms with Gasteiger partial charge in [-0.2, -0.15) is 18.3 Å². The van der Waals surface area contributed by atoms with Gasteiger partial charge < -0.3 is 5.32 Å². The standard InChI is InChI=1S/C13H10ClF3N4S2/c1-7-19-9(6-23-7)5-18-21-12(22)20-11-4-8(13(15,16)17)2-3-10(11)14/h2-6H,1H3,(H2,20,21,22)/b18-5-. The number of anilines is 1. The highest BCUT2D eigenvalue weighted by atomic mass is 35.5. The Kier molecular flexibility index (Phi) is 5.55.